The number of nitro benzene ring substituents is 1. The number of aliphatic hydroxyl groups is 1. The lowest BCUT2D eigenvalue weighted by Gasteiger charge is -2.57. The molecule has 16 heteroatoms. The molecule has 1 amide bonds. The van der Waals surface area contributed by atoms with Crippen molar-refractivity contribution in [1.29, 1.82) is 0 Å². The number of nitrogens with one attached hydrogen (secondary N) is 3. The summed E-state index contributed by atoms with van der Waals surface area (Å²) in [6.07, 6.45) is 9.98. The number of nitro groups is 1. The summed E-state index contributed by atoms with van der Waals surface area (Å²) in [6, 6.07) is 20.4. The minimum atomic E-state index is -4.66. The van der Waals surface area contributed by atoms with E-state index in [9.17, 15) is 28.4 Å². The van der Waals surface area contributed by atoms with Crippen molar-refractivity contribution in [2.45, 2.75) is 120 Å². The van der Waals surface area contributed by atoms with Gasteiger partial charge in [-0.2, -0.15) is 0 Å². The number of hydrogen-bond donors (Lipinski definition) is 4. The number of rotatable bonds is 11. The zero-order chi connectivity index (χ0) is 46.8. The largest absolute Gasteiger partial charge is 0.489 e. The Morgan fingerprint density at radius 2 is 1.78 bits per heavy atom. The third-order valence-electron chi connectivity index (χ3n) is 15.5. The first-order valence-corrected chi connectivity index (χ1v) is 25.4. The number of sulfonamides is 1. The van der Waals surface area contributed by atoms with Crippen molar-refractivity contribution in [3.63, 3.8) is 0 Å². The van der Waals surface area contributed by atoms with Gasteiger partial charge in [0.25, 0.3) is 21.6 Å². The molecule has 0 radical (unpaired) electrons. The van der Waals surface area contributed by atoms with E-state index in [-0.39, 0.29) is 46.7 Å². The molecule has 3 aliphatic heterocycles. The lowest BCUT2D eigenvalue weighted by Crippen LogP contribution is -2.63. The van der Waals surface area contributed by atoms with E-state index in [0.29, 0.717) is 55.0 Å². The standard InChI is InChI=1S/C51H61N7O8S/c1-31(2)38-8-5-6-9-39(38)40-10-7-11-43(40)57-29-51(30-57)18-20-56(21-19-51)35-12-13-41(45(24-35)66-36-23-34-22-32(3)53-48(34)52-27-36)49(59)55-67(63,64)37-25-44(58(61)62)47-46(26-37)65-28-42(54-47)33-14-16-50(4,60)17-15-33/h5-6,8-9,12-13,22-27,31,33,40,42-43,54,60H,7,10-11,14-21,28-30H2,1-4H3,(H,52,53)(H,55,59)/t33?,40-,42+,43?,50?/m0/s1. The number of aromatic amines is 1. The van der Waals surface area contributed by atoms with Crippen LogP contribution in [0, 0.1) is 28.4 Å². The highest BCUT2D eigenvalue weighted by molar-refractivity contribution is 7.90. The first kappa shape index (κ1) is 45.1. The molecular formula is C51H61N7O8S. The molecule has 4 N–H and O–H groups in total. The van der Waals surface area contributed by atoms with Crippen molar-refractivity contribution in [3.05, 3.63) is 105 Å². The van der Waals surface area contributed by atoms with Gasteiger partial charge in [-0.3, -0.25) is 19.8 Å². The smallest absolute Gasteiger partial charge is 0.297 e. The summed E-state index contributed by atoms with van der Waals surface area (Å²) in [5.41, 5.74) is 4.53. The molecule has 3 atom stereocenters. The molecule has 1 spiro atoms. The van der Waals surface area contributed by atoms with Crippen molar-refractivity contribution in [2.24, 2.45) is 11.3 Å². The topological polar surface area (TPSA) is 192 Å². The number of fused-ring (bicyclic) bond motifs is 2. The van der Waals surface area contributed by atoms with Crippen LogP contribution in [0.3, 0.4) is 0 Å². The van der Waals surface area contributed by atoms with Gasteiger partial charge in [-0.25, -0.2) is 18.1 Å². The molecule has 2 saturated heterocycles. The van der Waals surface area contributed by atoms with Gasteiger partial charge >= 0.3 is 0 Å². The number of piperidine rings is 1. The Bertz CT molecular complexity index is 2820. The Kier molecular flexibility index (Phi) is 11.7. The van der Waals surface area contributed by atoms with Gasteiger partial charge in [-0.05, 0) is 124 Å². The van der Waals surface area contributed by atoms with Gasteiger partial charge in [0.05, 0.1) is 33.2 Å². The van der Waals surface area contributed by atoms with E-state index in [0.717, 1.165) is 61.9 Å². The van der Waals surface area contributed by atoms with Gasteiger partial charge in [-0.15, -0.1) is 0 Å². The highest BCUT2D eigenvalue weighted by Crippen LogP contribution is 2.49. The summed E-state index contributed by atoms with van der Waals surface area (Å²) < 4.78 is 42.5. The molecule has 5 aliphatic rings. The number of carbonyl (C=O) groups is 1. The maximum Gasteiger partial charge on any atom is 0.297 e. The summed E-state index contributed by atoms with van der Waals surface area (Å²) in [4.78, 5) is 38.2. The Labute approximate surface area is 391 Å². The fraction of sp³-hybridized carbons (Fsp3) is 0.490. The first-order valence-electron chi connectivity index (χ1n) is 23.9. The van der Waals surface area contributed by atoms with Gasteiger partial charge < -0.3 is 29.8 Å². The molecule has 354 valence electrons. The predicted octanol–water partition coefficient (Wildman–Crippen LogP) is 9.17. The third-order valence-corrected chi connectivity index (χ3v) is 16.8. The van der Waals surface area contributed by atoms with Crippen molar-refractivity contribution >= 4 is 44.0 Å². The van der Waals surface area contributed by atoms with Crippen LogP contribution >= 0.6 is 0 Å². The Morgan fingerprint density at radius 3 is 2.52 bits per heavy atom. The second-order valence-electron chi connectivity index (χ2n) is 20.5. The number of nitrogens with zero attached hydrogens (tertiary/aromatic N) is 4. The number of carbonyl (C=O) groups excluding carboxylic acids is 1. The van der Waals surface area contributed by atoms with Crippen LogP contribution in [0.2, 0.25) is 0 Å². The SMILES string of the molecule is Cc1cc2cc(Oc3cc(N4CCC5(CC4)CN(C4CCC[C@H]4c4ccccc4C(C)C)C5)ccc3C(=O)NS(=O)(=O)c3cc4c(c([N+](=O)[O-])c3)N[C@@H](C3CCC(C)(O)CC3)CO4)cnc2[nH]1. The molecule has 0 bridgehead atoms. The van der Waals surface area contributed by atoms with Gasteiger partial charge in [0.2, 0.25) is 0 Å². The predicted molar refractivity (Wildman–Crippen MR) is 257 cm³/mol. The zero-order valence-electron chi connectivity index (χ0n) is 38.7. The molecule has 2 aliphatic carbocycles. The van der Waals surface area contributed by atoms with Crippen molar-refractivity contribution in [3.8, 4) is 17.2 Å². The highest BCUT2D eigenvalue weighted by Gasteiger charge is 2.49. The van der Waals surface area contributed by atoms with E-state index in [1.807, 2.05) is 32.0 Å². The lowest BCUT2D eigenvalue weighted by atomic mass is 9.70. The van der Waals surface area contributed by atoms with Crippen molar-refractivity contribution in [2.75, 3.05) is 43.0 Å². The average Bonchev–Trinajstić information content (AvgIpc) is 3.93. The second kappa shape index (κ2) is 17.4. The highest BCUT2D eigenvalue weighted by atomic mass is 32.2. The molecule has 2 saturated carbocycles. The number of aryl methyl sites for hydroxylation is 1. The Balaban J connectivity index is 0.861. The summed E-state index contributed by atoms with van der Waals surface area (Å²) in [6.45, 7) is 12.3. The molecule has 5 aromatic rings. The van der Waals surface area contributed by atoms with Crippen LogP contribution in [0.5, 0.6) is 17.2 Å². The molecular weight excluding hydrogens is 871 g/mol. The van der Waals surface area contributed by atoms with Crippen molar-refractivity contribution < 1.29 is 32.7 Å². The normalized spacial score (nSPS) is 25.0. The minimum absolute atomic E-state index is 0.00501. The molecule has 5 heterocycles. The van der Waals surface area contributed by atoms with Gasteiger partial charge in [0, 0.05) is 67.2 Å². The van der Waals surface area contributed by atoms with Gasteiger partial charge in [0.1, 0.15) is 23.8 Å². The van der Waals surface area contributed by atoms with Gasteiger partial charge in [0.15, 0.2) is 11.4 Å². The van der Waals surface area contributed by atoms with Crippen molar-refractivity contribution in [1.82, 2.24) is 19.6 Å². The summed E-state index contributed by atoms with van der Waals surface area (Å²) in [5.74, 6) is 0.720. The van der Waals surface area contributed by atoms with Gasteiger partial charge in [-0.1, -0.05) is 44.5 Å². The number of aromatic nitrogens is 2. The third kappa shape index (κ3) is 8.95. The van der Waals surface area contributed by atoms with E-state index in [1.165, 1.54) is 36.5 Å². The number of pyridine rings is 1. The average molecular weight is 932 g/mol. The first-order chi connectivity index (χ1) is 32.0. The lowest BCUT2D eigenvalue weighted by molar-refractivity contribution is -0.384. The van der Waals surface area contributed by atoms with Crippen LogP contribution in [-0.2, 0) is 10.0 Å². The second-order valence-corrected chi connectivity index (χ2v) is 22.2. The molecule has 15 nitrogen and oxygen atoms in total. The summed E-state index contributed by atoms with van der Waals surface area (Å²) >= 11 is 0. The zero-order valence-corrected chi connectivity index (χ0v) is 39.5. The number of anilines is 2. The molecule has 1 unspecified atom stereocenters. The van der Waals surface area contributed by atoms with E-state index < -0.39 is 37.0 Å². The number of hydrogen-bond acceptors (Lipinski definition) is 12. The molecule has 3 aromatic carbocycles. The Hall–Kier alpha value is -5.71. The minimum Gasteiger partial charge on any atom is -0.489 e. The number of amides is 1. The fourth-order valence-corrected chi connectivity index (χ4v) is 12.7. The molecule has 67 heavy (non-hydrogen) atoms. The van der Waals surface area contributed by atoms with Crippen LogP contribution in [0.15, 0.2) is 77.8 Å². The number of ether oxygens (including phenoxy) is 2. The van der Waals surface area contributed by atoms with Crippen LogP contribution in [-0.4, -0.2) is 89.7 Å². The maximum absolute atomic E-state index is 14.2. The van der Waals surface area contributed by atoms with E-state index in [2.05, 4.69) is 67.9 Å². The number of benzene rings is 3. The van der Waals surface area contributed by atoms with Crippen LogP contribution in [0.25, 0.3) is 11.0 Å². The fourth-order valence-electron chi connectivity index (χ4n) is 11.7. The number of H-pyrrole nitrogens is 1. The Morgan fingerprint density at radius 1 is 1.01 bits per heavy atom. The molecule has 10 rings (SSSR count). The molecule has 2 aromatic heterocycles. The molecule has 4 fully saturated rings. The van der Waals surface area contributed by atoms with Crippen LogP contribution in [0.1, 0.15) is 118 Å². The summed E-state index contributed by atoms with van der Waals surface area (Å²) in [7, 11) is -4.66. The van der Waals surface area contributed by atoms with Crippen LogP contribution < -0.4 is 24.4 Å². The maximum atomic E-state index is 14.2. The van der Waals surface area contributed by atoms with E-state index in [1.54, 1.807) is 18.3 Å². The summed E-state index contributed by atoms with van der Waals surface area (Å²) in [5, 5.41) is 26.9. The number of likely N-dealkylation sites (tertiary alicyclic amines) is 1. The quantitative estimate of drug-likeness (QED) is 0.0727. The van der Waals surface area contributed by atoms with E-state index in [4.69, 9.17) is 9.47 Å². The monoisotopic (exact) mass is 931 g/mol. The van der Waals surface area contributed by atoms with Crippen LogP contribution in [0.4, 0.5) is 17.1 Å². The van der Waals surface area contributed by atoms with E-state index >= 15 is 0 Å².